The van der Waals surface area contributed by atoms with Crippen LogP contribution in [0.2, 0.25) is 0 Å². The first kappa shape index (κ1) is 9.27. The number of halogens is 1. The Morgan fingerprint density at radius 3 is 2.33 bits per heavy atom. The molecule has 0 fully saturated rings. The van der Waals surface area contributed by atoms with Gasteiger partial charge in [-0.15, -0.1) is 0 Å². The lowest BCUT2D eigenvalue weighted by Gasteiger charge is -2.13. The third kappa shape index (κ3) is 1.51. The molecule has 0 spiro atoms. The van der Waals surface area contributed by atoms with Gasteiger partial charge in [-0.2, -0.15) is 5.26 Å². The molecule has 0 radical (unpaired) electrons. The molecule has 0 aromatic carbocycles. The third-order valence-electron chi connectivity index (χ3n) is 1.42. The van der Waals surface area contributed by atoms with Crippen molar-refractivity contribution >= 4 is 15.9 Å². The molecule has 0 bridgehead atoms. The normalized spacial score (nSPS) is 11.2. The fraction of sp³-hybridized carbons (Fsp3) is 0.500. The van der Waals surface area contributed by atoms with E-state index in [1.165, 1.54) is 0 Å². The zero-order valence-electron chi connectivity index (χ0n) is 7.18. The summed E-state index contributed by atoms with van der Waals surface area (Å²) in [6.45, 7) is 6.00. The minimum absolute atomic E-state index is 0.124. The van der Waals surface area contributed by atoms with Crippen LogP contribution in [0.3, 0.4) is 0 Å². The van der Waals surface area contributed by atoms with Crippen molar-refractivity contribution in [2.24, 2.45) is 0 Å². The molecule has 12 heavy (non-hydrogen) atoms. The summed E-state index contributed by atoms with van der Waals surface area (Å²) in [6, 6.07) is 1.94. The smallest absolute Gasteiger partial charge is 0.197 e. The van der Waals surface area contributed by atoms with Gasteiger partial charge in [0.1, 0.15) is 6.07 Å². The molecule has 0 aliphatic heterocycles. The third-order valence-corrected chi connectivity index (χ3v) is 2.16. The molecule has 0 saturated carbocycles. The predicted octanol–water partition coefficient (Wildman–Crippen LogP) is 2.61. The maximum absolute atomic E-state index is 8.59. The van der Waals surface area contributed by atoms with Crippen molar-refractivity contribution in [2.45, 2.75) is 26.2 Å². The van der Waals surface area contributed by atoms with Gasteiger partial charge in [-0.1, -0.05) is 25.9 Å². The Morgan fingerprint density at radius 2 is 2.08 bits per heavy atom. The van der Waals surface area contributed by atoms with Crippen molar-refractivity contribution in [3.63, 3.8) is 0 Å². The largest absolute Gasteiger partial charge is 0.358 e. The van der Waals surface area contributed by atoms with Crippen LogP contribution in [0.25, 0.3) is 0 Å². The van der Waals surface area contributed by atoms with Crippen LogP contribution < -0.4 is 0 Å². The molecule has 3 nitrogen and oxygen atoms in total. The highest BCUT2D eigenvalue weighted by molar-refractivity contribution is 9.10. The quantitative estimate of drug-likeness (QED) is 0.686. The van der Waals surface area contributed by atoms with E-state index in [4.69, 9.17) is 9.78 Å². The van der Waals surface area contributed by atoms with Crippen LogP contribution in [-0.2, 0) is 5.41 Å². The molecule has 0 aliphatic rings. The average molecular weight is 229 g/mol. The fourth-order valence-electron chi connectivity index (χ4n) is 0.815. The summed E-state index contributed by atoms with van der Waals surface area (Å²) in [4.78, 5) is 0. The molecule has 1 rings (SSSR count). The van der Waals surface area contributed by atoms with Gasteiger partial charge in [0.25, 0.3) is 0 Å². The standard InChI is InChI=1S/C8H9BrN2O/c1-8(2,3)7-6(9)5(4-10)11-12-7/h1-3H3. The van der Waals surface area contributed by atoms with Crippen LogP contribution >= 0.6 is 15.9 Å². The molecule has 1 heterocycles. The Balaban J connectivity index is 3.22. The summed E-state index contributed by atoms with van der Waals surface area (Å²) in [7, 11) is 0. The lowest BCUT2D eigenvalue weighted by atomic mass is 9.93. The SMILES string of the molecule is CC(C)(C)c1onc(C#N)c1Br. The number of hydrogen-bond acceptors (Lipinski definition) is 3. The van der Waals surface area contributed by atoms with Crippen molar-refractivity contribution in [2.75, 3.05) is 0 Å². The van der Waals surface area contributed by atoms with E-state index >= 15 is 0 Å². The molecule has 4 heteroatoms. The predicted molar refractivity (Wildman–Crippen MR) is 47.6 cm³/mol. The lowest BCUT2D eigenvalue weighted by Crippen LogP contribution is -2.10. The van der Waals surface area contributed by atoms with Gasteiger partial charge >= 0.3 is 0 Å². The van der Waals surface area contributed by atoms with Crippen LogP contribution in [0.15, 0.2) is 9.00 Å². The Bertz CT molecular complexity index is 330. The zero-order valence-corrected chi connectivity index (χ0v) is 8.77. The molecular formula is C8H9BrN2O. The molecule has 1 aromatic rings. The first-order valence-corrected chi connectivity index (χ1v) is 4.32. The van der Waals surface area contributed by atoms with E-state index in [0.717, 1.165) is 0 Å². The summed E-state index contributed by atoms with van der Waals surface area (Å²) in [5, 5.41) is 12.2. The fourth-order valence-corrected chi connectivity index (χ4v) is 1.64. The van der Waals surface area contributed by atoms with Gasteiger partial charge in [0.15, 0.2) is 11.5 Å². The summed E-state index contributed by atoms with van der Waals surface area (Å²) in [5.74, 6) is 0.707. The van der Waals surface area contributed by atoms with Crippen molar-refractivity contribution < 1.29 is 4.52 Å². The van der Waals surface area contributed by atoms with Crippen molar-refractivity contribution in [3.8, 4) is 6.07 Å². The second kappa shape index (κ2) is 2.91. The van der Waals surface area contributed by atoms with Crippen LogP contribution in [0, 0.1) is 11.3 Å². The number of nitriles is 1. The maximum atomic E-state index is 8.59. The number of nitrogens with zero attached hydrogens (tertiary/aromatic N) is 2. The topological polar surface area (TPSA) is 49.8 Å². The molecule has 0 N–H and O–H groups in total. The van der Waals surface area contributed by atoms with Gasteiger partial charge in [0, 0.05) is 5.41 Å². The van der Waals surface area contributed by atoms with E-state index in [1.807, 2.05) is 26.8 Å². The van der Waals surface area contributed by atoms with Crippen LogP contribution in [-0.4, -0.2) is 5.16 Å². The van der Waals surface area contributed by atoms with Crippen LogP contribution in [0.4, 0.5) is 0 Å². The van der Waals surface area contributed by atoms with Gasteiger partial charge in [0.05, 0.1) is 4.47 Å². The number of aromatic nitrogens is 1. The van der Waals surface area contributed by atoms with Gasteiger partial charge in [-0.3, -0.25) is 0 Å². The molecule has 0 amide bonds. The van der Waals surface area contributed by atoms with E-state index in [0.29, 0.717) is 15.9 Å². The van der Waals surface area contributed by atoms with E-state index in [1.54, 1.807) is 0 Å². The molecule has 0 unspecified atom stereocenters. The van der Waals surface area contributed by atoms with Gasteiger partial charge in [-0.25, -0.2) is 0 Å². The van der Waals surface area contributed by atoms with E-state index in [2.05, 4.69) is 21.1 Å². The number of hydrogen-bond donors (Lipinski definition) is 0. The van der Waals surface area contributed by atoms with E-state index in [9.17, 15) is 0 Å². The Morgan fingerprint density at radius 1 is 1.50 bits per heavy atom. The Kier molecular flexibility index (Phi) is 2.25. The number of rotatable bonds is 0. The van der Waals surface area contributed by atoms with Gasteiger partial charge < -0.3 is 4.52 Å². The first-order chi connectivity index (χ1) is 5.46. The Labute approximate surface area is 79.5 Å². The van der Waals surface area contributed by atoms with Crippen molar-refractivity contribution in [1.82, 2.24) is 5.16 Å². The average Bonchev–Trinajstić information content (AvgIpc) is 2.29. The summed E-state index contributed by atoms with van der Waals surface area (Å²) >= 11 is 3.27. The van der Waals surface area contributed by atoms with Gasteiger partial charge in [0.2, 0.25) is 0 Å². The maximum Gasteiger partial charge on any atom is 0.197 e. The van der Waals surface area contributed by atoms with Crippen molar-refractivity contribution in [1.29, 1.82) is 5.26 Å². The van der Waals surface area contributed by atoms with E-state index in [-0.39, 0.29) is 5.41 Å². The molecule has 64 valence electrons. The van der Waals surface area contributed by atoms with Crippen LogP contribution in [0.1, 0.15) is 32.2 Å². The highest BCUT2D eigenvalue weighted by Crippen LogP contribution is 2.31. The van der Waals surface area contributed by atoms with E-state index < -0.39 is 0 Å². The second-order valence-corrected chi connectivity index (χ2v) is 4.33. The summed E-state index contributed by atoms with van der Waals surface area (Å²) < 4.78 is 5.70. The minimum Gasteiger partial charge on any atom is -0.358 e. The van der Waals surface area contributed by atoms with Crippen molar-refractivity contribution in [3.05, 3.63) is 15.9 Å². The molecular weight excluding hydrogens is 220 g/mol. The van der Waals surface area contributed by atoms with Crippen LogP contribution in [0.5, 0.6) is 0 Å². The second-order valence-electron chi connectivity index (χ2n) is 3.54. The highest BCUT2D eigenvalue weighted by atomic mass is 79.9. The molecule has 0 aliphatic carbocycles. The van der Waals surface area contributed by atoms with Gasteiger partial charge in [-0.05, 0) is 15.9 Å². The molecule has 1 aromatic heterocycles. The molecule has 0 atom stereocenters. The highest BCUT2D eigenvalue weighted by Gasteiger charge is 2.25. The Hall–Kier alpha value is -0.820. The summed E-state index contributed by atoms with van der Waals surface area (Å²) in [6.07, 6.45) is 0. The first-order valence-electron chi connectivity index (χ1n) is 3.52. The summed E-state index contributed by atoms with van der Waals surface area (Å²) in [5.41, 5.74) is 0.181. The zero-order chi connectivity index (χ0) is 9.35. The minimum atomic E-state index is -0.124. The lowest BCUT2D eigenvalue weighted by molar-refractivity contribution is 0.327. The monoisotopic (exact) mass is 228 g/mol. The molecule has 0 saturated heterocycles.